The number of nitrogens with one attached hydrogen (secondary N) is 1. The third-order valence-electron chi connectivity index (χ3n) is 3.23. The predicted octanol–water partition coefficient (Wildman–Crippen LogP) is 2.55. The van der Waals surface area contributed by atoms with Gasteiger partial charge in [0.15, 0.2) is 0 Å². The van der Waals surface area contributed by atoms with Gasteiger partial charge in [0, 0.05) is 12.6 Å². The molecule has 0 bridgehead atoms. The summed E-state index contributed by atoms with van der Waals surface area (Å²) in [6.07, 6.45) is 0. The molecular formula is C14H18N2O2S2. The summed E-state index contributed by atoms with van der Waals surface area (Å²) in [6.45, 7) is 4.08. The van der Waals surface area contributed by atoms with Crippen LogP contribution in [0.15, 0.2) is 39.9 Å². The van der Waals surface area contributed by atoms with Crippen LogP contribution in [0.4, 0.5) is 0 Å². The molecule has 1 aromatic carbocycles. The van der Waals surface area contributed by atoms with E-state index < -0.39 is 10.0 Å². The molecule has 0 saturated carbocycles. The third-order valence-corrected chi connectivity index (χ3v) is 5.47. The number of sulfonamides is 1. The molecule has 20 heavy (non-hydrogen) atoms. The van der Waals surface area contributed by atoms with Crippen molar-refractivity contribution in [1.29, 1.82) is 0 Å². The number of aryl methyl sites for hydroxylation is 1. The maximum Gasteiger partial charge on any atom is 0.241 e. The van der Waals surface area contributed by atoms with Gasteiger partial charge < -0.3 is 5.73 Å². The van der Waals surface area contributed by atoms with Crippen LogP contribution in [0.3, 0.4) is 0 Å². The highest BCUT2D eigenvalue weighted by Gasteiger charge is 2.19. The standard InChI is InChI=1S/C14H18N2O2S2/c1-10-3-4-14(7-13(10)8-15)20(17,18)16-11(2)12-5-6-19-9-12/h3-7,9,11,16H,8,15H2,1-2H3. The van der Waals surface area contributed by atoms with Gasteiger partial charge in [-0.2, -0.15) is 11.3 Å². The minimum absolute atomic E-state index is 0.255. The largest absolute Gasteiger partial charge is 0.326 e. The van der Waals surface area contributed by atoms with Gasteiger partial charge >= 0.3 is 0 Å². The molecular weight excluding hydrogens is 292 g/mol. The van der Waals surface area contributed by atoms with Crippen molar-refractivity contribution in [3.63, 3.8) is 0 Å². The molecule has 1 aromatic heterocycles. The highest BCUT2D eigenvalue weighted by molar-refractivity contribution is 7.89. The van der Waals surface area contributed by atoms with Crippen LogP contribution in [0.5, 0.6) is 0 Å². The average molecular weight is 310 g/mol. The molecule has 2 rings (SSSR count). The molecule has 0 saturated heterocycles. The first-order valence-corrected chi connectivity index (χ1v) is 8.70. The zero-order chi connectivity index (χ0) is 14.8. The van der Waals surface area contributed by atoms with Crippen molar-refractivity contribution in [2.24, 2.45) is 5.73 Å². The molecule has 1 heterocycles. The summed E-state index contributed by atoms with van der Waals surface area (Å²) in [5.41, 5.74) is 8.43. The summed E-state index contributed by atoms with van der Waals surface area (Å²) >= 11 is 1.55. The lowest BCUT2D eigenvalue weighted by Gasteiger charge is -2.14. The molecule has 1 atom stereocenters. The van der Waals surface area contributed by atoms with Crippen molar-refractivity contribution in [2.45, 2.75) is 31.3 Å². The van der Waals surface area contributed by atoms with Crippen LogP contribution in [0, 0.1) is 6.92 Å². The fourth-order valence-electron chi connectivity index (χ4n) is 1.93. The molecule has 6 heteroatoms. The number of hydrogen-bond donors (Lipinski definition) is 2. The maximum absolute atomic E-state index is 12.4. The Hall–Kier alpha value is -1.21. The topological polar surface area (TPSA) is 72.2 Å². The Morgan fingerprint density at radius 1 is 1.35 bits per heavy atom. The van der Waals surface area contributed by atoms with Crippen molar-refractivity contribution < 1.29 is 8.42 Å². The van der Waals surface area contributed by atoms with Crippen LogP contribution < -0.4 is 10.5 Å². The number of nitrogens with two attached hydrogens (primary N) is 1. The van der Waals surface area contributed by atoms with Crippen molar-refractivity contribution in [3.05, 3.63) is 51.7 Å². The number of rotatable bonds is 5. The van der Waals surface area contributed by atoms with Gasteiger partial charge in [-0.15, -0.1) is 0 Å². The van der Waals surface area contributed by atoms with Gasteiger partial charge in [-0.05, 0) is 59.5 Å². The molecule has 2 aromatic rings. The van der Waals surface area contributed by atoms with Crippen LogP contribution in [-0.2, 0) is 16.6 Å². The summed E-state index contributed by atoms with van der Waals surface area (Å²) in [6, 6.07) is 6.69. The van der Waals surface area contributed by atoms with E-state index in [-0.39, 0.29) is 10.9 Å². The predicted molar refractivity (Wildman–Crippen MR) is 82.1 cm³/mol. The lowest BCUT2D eigenvalue weighted by molar-refractivity contribution is 0.567. The third kappa shape index (κ3) is 3.27. The molecule has 0 fully saturated rings. The fraction of sp³-hybridized carbons (Fsp3) is 0.286. The molecule has 0 radical (unpaired) electrons. The molecule has 0 aliphatic carbocycles. The smallest absolute Gasteiger partial charge is 0.241 e. The van der Waals surface area contributed by atoms with E-state index >= 15 is 0 Å². The lowest BCUT2D eigenvalue weighted by Crippen LogP contribution is -2.26. The summed E-state index contributed by atoms with van der Waals surface area (Å²) in [5, 5.41) is 3.87. The monoisotopic (exact) mass is 310 g/mol. The Balaban J connectivity index is 2.26. The summed E-state index contributed by atoms with van der Waals surface area (Å²) < 4.78 is 27.4. The molecule has 0 spiro atoms. The van der Waals surface area contributed by atoms with Crippen LogP contribution in [0.2, 0.25) is 0 Å². The van der Waals surface area contributed by atoms with Crippen molar-refractivity contribution >= 4 is 21.4 Å². The number of hydrogen-bond acceptors (Lipinski definition) is 4. The SMILES string of the molecule is Cc1ccc(S(=O)(=O)NC(C)c2ccsc2)cc1CN. The quantitative estimate of drug-likeness (QED) is 0.891. The maximum atomic E-state index is 12.4. The van der Waals surface area contributed by atoms with E-state index in [1.807, 2.05) is 30.7 Å². The van der Waals surface area contributed by atoms with Crippen LogP contribution in [0.1, 0.15) is 29.7 Å². The second kappa shape index (κ2) is 6.05. The van der Waals surface area contributed by atoms with Gasteiger partial charge in [-0.3, -0.25) is 0 Å². The van der Waals surface area contributed by atoms with Crippen molar-refractivity contribution in [3.8, 4) is 0 Å². The van der Waals surface area contributed by atoms with Crippen LogP contribution >= 0.6 is 11.3 Å². The second-order valence-electron chi connectivity index (χ2n) is 4.69. The molecule has 1 unspecified atom stereocenters. The molecule has 108 valence electrons. The van der Waals surface area contributed by atoms with Crippen molar-refractivity contribution in [1.82, 2.24) is 4.72 Å². The minimum Gasteiger partial charge on any atom is -0.326 e. The van der Waals surface area contributed by atoms with E-state index in [1.54, 1.807) is 29.5 Å². The molecule has 4 nitrogen and oxygen atoms in total. The van der Waals surface area contributed by atoms with Gasteiger partial charge in [0.2, 0.25) is 10.0 Å². The van der Waals surface area contributed by atoms with Gasteiger partial charge in [0.1, 0.15) is 0 Å². The zero-order valence-corrected chi connectivity index (χ0v) is 13.1. The normalized spacial score (nSPS) is 13.3. The highest BCUT2D eigenvalue weighted by atomic mass is 32.2. The summed E-state index contributed by atoms with van der Waals surface area (Å²) in [5.74, 6) is 0. The number of benzene rings is 1. The molecule has 3 N–H and O–H groups in total. The van der Waals surface area contributed by atoms with E-state index in [0.29, 0.717) is 6.54 Å². The minimum atomic E-state index is -3.54. The van der Waals surface area contributed by atoms with E-state index in [0.717, 1.165) is 16.7 Å². The Labute approximate surface area is 123 Å². The van der Waals surface area contributed by atoms with E-state index in [1.165, 1.54) is 0 Å². The first kappa shape index (κ1) is 15.2. The van der Waals surface area contributed by atoms with Crippen molar-refractivity contribution in [2.75, 3.05) is 0 Å². The van der Waals surface area contributed by atoms with Crippen LogP contribution in [0.25, 0.3) is 0 Å². The van der Waals surface area contributed by atoms with Crippen LogP contribution in [-0.4, -0.2) is 8.42 Å². The van der Waals surface area contributed by atoms with E-state index in [4.69, 9.17) is 5.73 Å². The molecule has 0 aliphatic rings. The van der Waals surface area contributed by atoms with E-state index in [9.17, 15) is 8.42 Å². The summed E-state index contributed by atoms with van der Waals surface area (Å²) in [7, 11) is -3.54. The van der Waals surface area contributed by atoms with Gasteiger partial charge in [-0.25, -0.2) is 13.1 Å². The first-order valence-electron chi connectivity index (χ1n) is 6.28. The lowest BCUT2D eigenvalue weighted by atomic mass is 10.1. The van der Waals surface area contributed by atoms with Gasteiger partial charge in [-0.1, -0.05) is 6.07 Å². The average Bonchev–Trinajstić information content (AvgIpc) is 2.92. The Kier molecular flexibility index (Phi) is 4.59. The zero-order valence-electron chi connectivity index (χ0n) is 11.5. The Bertz CT molecular complexity index is 679. The summed E-state index contributed by atoms with van der Waals surface area (Å²) in [4.78, 5) is 0.255. The van der Waals surface area contributed by atoms with E-state index in [2.05, 4.69) is 4.72 Å². The molecule has 0 aliphatic heterocycles. The van der Waals surface area contributed by atoms with Gasteiger partial charge in [0.25, 0.3) is 0 Å². The Morgan fingerprint density at radius 2 is 2.10 bits per heavy atom. The number of thiophene rings is 1. The molecule has 0 amide bonds. The highest BCUT2D eigenvalue weighted by Crippen LogP contribution is 2.20. The fourth-order valence-corrected chi connectivity index (χ4v) is 3.96. The van der Waals surface area contributed by atoms with Gasteiger partial charge in [0.05, 0.1) is 4.90 Å². The second-order valence-corrected chi connectivity index (χ2v) is 7.19. The first-order chi connectivity index (χ1) is 9.44. The Morgan fingerprint density at radius 3 is 2.70 bits per heavy atom.